The minimum atomic E-state index is 1.08. The van der Waals surface area contributed by atoms with E-state index in [1.807, 2.05) is 6.20 Å². The number of aryl methyl sites for hydroxylation is 2. The Labute approximate surface area is 150 Å². The Bertz CT molecular complexity index is 874. The summed E-state index contributed by atoms with van der Waals surface area (Å²) in [6, 6.07) is 17.4. The van der Waals surface area contributed by atoms with Crippen molar-refractivity contribution in [3.05, 3.63) is 77.5 Å². The molecule has 0 aliphatic carbocycles. The summed E-state index contributed by atoms with van der Waals surface area (Å²) in [5.41, 5.74) is 7.07. The van der Waals surface area contributed by atoms with Crippen molar-refractivity contribution in [2.45, 2.75) is 26.2 Å². The molecule has 0 unspecified atom stereocenters. The van der Waals surface area contributed by atoms with Crippen LogP contribution in [0.25, 0.3) is 16.5 Å². The van der Waals surface area contributed by atoms with Crippen LogP contribution in [0.5, 0.6) is 0 Å². The lowest BCUT2D eigenvalue weighted by molar-refractivity contribution is 0.298. The van der Waals surface area contributed by atoms with Gasteiger partial charge in [-0.05, 0) is 67.1 Å². The van der Waals surface area contributed by atoms with Crippen LogP contribution in [0.2, 0.25) is 0 Å². The monoisotopic (exact) mass is 330 g/mol. The van der Waals surface area contributed by atoms with E-state index in [2.05, 4.69) is 71.4 Å². The van der Waals surface area contributed by atoms with E-state index < -0.39 is 0 Å². The molecular formula is C23H26N2. The number of benzene rings is 2. The van der Waals surface area contributed by atoms with Crippen molar-refractivity contribution in [3.63, 3.8) is 0 Å². The number of H-pyrrole nitrogens is 1. The molecule has 2 aromatic carbocycles. The van der Waals surface area contributed by atoms with Gasteiger partial charge in [-0.1, -0.05) is 42.5 Å². The van der Waals surface area contributed by atoms with E-state index in [0.29, 0.717) is 0 Å². The molecule has 25 heavy (non-hydrogen) atoms. The van der Waals surface area contributed by atoms with E-state index in [1.54, 1.807) is 0 Å². The topological polar surface area (TPSA) is 19.0 Å². The molecule has 2 nitrogen and oxygen atoms in total. The standard InChI is InChI=1S/C23H26N2/c1-18-9-10-23-22(11-14-24-23)21(18)8-5-15-25-16-12-20(13-17-25)19-6-3-2-4-7-19/h2-4,6-7,9-12,14,24H,5,8,13,15-17H2,1H3. The van der Waals surface area contributed by atoms with Gasteiger partial charge in [0, 0.05) is 30.2 Å². The molecule has 0 saturated heterocycles. The minimum Gasteiger partial charge on any atom is -0.361 e. The number of fused-ring (bicyclic) bond motifs is 1. The maximum Gasteiger partial charge on any atom is 0.0456 e. The van der Waals surface area contributed by atoms with Gasteiger partial charge < -0.3 is 4.98 Å². The lowest BCUT2D eigenvalue weighted by Gasteiger charge is -2.26. The fraction of sp³-hybridized carbons (Fsp3) is 0.304. The van der Waals surface area contributed by atoms with Crippen LogP contribution in [0.4, 0.5) is 0 Å². The van der Waals surface area contributed by atoms with Crippen LogP contribution in [0.3, 0.4) is 0 Å². The van der Waals surface area contributed by atoms with Crippen LogP contribution in [0.15, 0.2) is 60.8 Å². The second-order valence-electron chi connectivity index (χ2n) is 7.05. The van der Waals surface area contributed by atoms with E-state index in [-0.39, 0.29) is 0 Å². The zero-order chi connectivity index (χ0) is 17.1. The number of rotatable bonds is 5. The molecule has 4 rings (SSSR count). The third kappa shape index (κ3) is 3.54. The summed E-state index contributed by atoms with van der Waals surface area (Å²) in [5, 5.41) is 1.39. The highest BCUT2D eigenvalue weighted by Crippen LogP contribution is 2.24. The van der Waals surface area contributed by atoms with Crippen molar-refractivity contribution < 1.29 is 0 Å². The van der Waals surface area contributed by atoms with Gasteiger partial charge in [0.2, 0.25) is 0 Å². The van der Waals surface area contributed by atoms with Crippen molar-refractivity contribution in [2.75, 3.05) is 19.6 Å². The predicted octanol–water partition coefficient (Wildman–Crippen LogP) is 5.20. The van der Waals surface area contributed by atoms with Crippen molar-refractivity contribution in [3.8, 4) is 0 Å². The quantitative estimate of drug-likeness (QED) is 0.681. The summed E-state index contributed by atoms with van der Waals surface area (Å²) < 4.78 is 0. The number of hydrogen-bond donors (Lipinski definition) is 1. The first-order valence-corrected chi connectivity index (χ1v) is 9.33. The highest BCUT2D eigenvalue weighted by Gasteiger charge is 2.13. The van der Waals surface area contributed by atoms with E-state index >= 15 is 0 Å². The molecule has 1 aromatic heterocycles. The van der Waals surface area contributed by atoms with Crippen LogP contribution >= 0.6 is 0 Å². The summed E-state index contributed by atoms with van der Waals surface area (Å²) >= 11 is 0. The third-order valence-corrected chi connectivity index (χ3v) is 5.42. The Kier molecular flexibility index (Phi) is 4.71. The second kappa shape index (κ2) is 7.28. The first kappa shape index (κ1) is 16.2. The lowest BCUT2D eigenvalue weighted by Crippen LogP contribution is -2.29. The van der Waals surface area contributed by atoms with Gasteiger partial charge in [0.1, 0.15) is 0 Å². The van der Waals surface area contributed by atoms with Gasteiger partial charge in [-0.3, -0.25) is 4.90 Å². The highest BCUT2D eigenvalue weighted by molar-refractivity contribution is 5.84. The summed E-state index contributed by atoms with van der Waals surface area (Å²) in [5.74, 6) is 0. The van der Waals surface area contributed by atoms with E-state index in [9.17, 15) is 0 Å². The van der Waals surface area contributed by atoms with Crippen LogP contribution in [-0.4, -0.2) is 29.5 Å². The average Bonchev–Trinajstić information content (AvgIpc) is 3.14. The number of aromatic nitrogens is 1. The number of aromatic amines is 1. The van der Waals surface area contributed by atoms with Crippen LogP contribution in [-0.2, 0) is 6.42 Å². The number of nitrogens with one attached hydrogen (secondary N) is 1. The number of nitrogens with zero attached hydrogens (tertiary/aromatic N) is 1. The van der Waals surface area contributed by atoms with E-state index in [0.717, 1.165) is 19.4 Å². The largest absolute Gasteiger partial charge is 0.361 e. The Balaban J connectivity index is 1.35. The molecule has 1 aliphatic rings. The third-order valence-electron chi connectivity index (χ3n) is 5.42. The molecule has 128 valence electrons. The van der Waals surface area contributed by atoms with Gasteiger partial charge in [-0.25, -0.2) is 0 Å². The molecule has 3 aromatic rings. The van der Waals surface area contributed by atoms with Crippen molar-refractivity contribution in [2.24, 2.45) is 0 Å². The smallest absolute Gasteiger partial charge is 0.0456 e. The Morgan fingerprint density at radius 2 is 1.92 bits per heavy atom. The van der Waals surface area contributed by atoms with Gasteiger partial charge in [0.15, 0.2) is 0 Å². The summed E-state index contributed by atoms with van der Waals surface area (Å²) in [7, 11) is 0. The van der Waals surface area contributed by atoms with Crippen LogP contribution in [0.1, 0.15) is 29.5 Å². The first-order chi connectivity index (χ1) is 12.3. The van der Waals surface area contributed by atoms with Crippen molar-refractivity contribution >= 4 is 16.5 Å². The average molecular weight is 330 g/mol. The van der Waals surface area contributed by atoms with Crippen LogP contribution < -0.4 is 0 Å². The molecule has 0 radical (unpaired) electrons. The fourth-order valence-corrected chi connectivity index (χ4v) is 3.94. The summed E-state index contributed by atoms with van der Waals surface area (Å²) in [6.45, 7) is 5.67. The Morgan fingerprint density at radius 1 is 1.04 bits per heavy atom. The zero-order valence-corrected chi connectivity index (χ0v) is 15.0. The van der Waals surface area contributed by atoms with Gasteiger partial charge >= 0.3 is 0 Å². The maximum atomic E-state index is 3.33. The lowest BCUT2D eigenvalue weighted by atomic mass is 9.98. The molecule has 0 amide bonds. The molecule has 0 spiro atoms. The molecule has 2 heteroatoms. The SMILES string of the molecule is Cc1ccc2[nH]ccc2c1CCCN1CC=C(c2ccccc2)CC1. The van der Waals surface area contributed by atoms with Gasteiger partial charge in [-0.2, -0.15) is 0 Å². The molecular weight excluding hydrogens is 304 g/mol. The zero-order valence-electron chi connectivity index (χ0n) is 15.0. The summed E-state index contributed by atoms with van der Waals surface area (Å²) in [6.07, 6.45) is 8.01. The Hall–Kier alpha value is -2.32. The first-order valence-electron chi connectivity index (χ1n) is 9.33. The molecule has 1 aliphatic heterocycles. The molecule has 2 heterocycles. The molecule has 1 N–H and O–H groups in total. The van der Waals surface area contributed by atoms with Crippen LogP contribution in [0, 0.1) is 6.92 Å². The molecule has 0 saturated carbocycles. The second-order valence-corrected chi connectivity index (χ2v) is 7.05. The highest BCUT2D eigenvalue weighted by atomic mass is 15.1. The molecule has 0 fully saturated rings. The van der Waals surface area contributed by atoms with Gasteiger partial charge in [-0.15, -0.1) is 0 Å². The molecule has 0 atom stereocenters. The predicted molar refractivity (Wildman–Crippen MR) is 107 cm³/mol. The van der Waals surface area contributed by atoms with E-state index in [1.165, 1.54) is 52.7 Å². The Morgan fingerprint density at radius 3 is 2.72 bits per heavy atom. The van der Waals surface area contributed by atoms with Gasteiger partial charge in [0.25, 0.3) is 0 Å². The summed E-state index contributed by atoms with van der Waals surface area (Å²) in [4.78, 5) is 5.91. The number of hydrogen-bond acceptors (Lipinski definition) is 1. The fourth-order valence-electron chi connectivity index (χ4n) is 3.94. The van der Waals surface area contributed by atoms with Crippen molar-refractivity contribution in [1.82, 2.24) is 9.88 Å². The molecule has 0 bridgehead atoms. The normalized spacial score (nSPS) is 15.5. The van der Waals surface area contributed by atoms with E-state index in [4.69, 9.17) is 0 Å². The van der Waals surface area contributed by atoms with Gasteiger partial charge in [0.05, 0.1) is 0 Å². The minimum absolute atomic E-state index is 1.08. The van der Waals surface area contributed by atoms with Crippen molar-refractivity contribution in [1.29, 1.82) is 0 Å². The maximum absolute atomic E-state index is 3.33.